The summed E-state index contributed by atoms with van der Waals surface area (Å²) in [4.78, 5) is 23.9. The lowest BCUT2D eigenvalue weighted by atomic mass is 10.3. The molecule has 1 fully saturated rings. The average molecular weight is 450 g/mol. The van der Waals surface area contributed by atoms with Crippen LogP contribution < -0.4 is 9.80 Å². The first-order chi connectivity index (χ1) is 14.6. The minimum absolute atomic E-state index is 0.0841. The number of carbonyl (C=O) groups excluding carboxylic acids is 1. The van der Waals surface area contributed by atoms with Gasteiger partial charge in [0, 0.05) is 11.9 Å². The van der Waals surface area contributed by atoms with E-state index in [-0.39, 0.29) is 5.91 Å². The Hall–Kier alpha value is -2.67. The van der Waals surface area contributed by atoms with E-state index in [0.29, 0.717) is 20.8 Å². The lowest BCUT2D eigenvalue weighted by Crippen LogP contribution is -2.29. The number of thioether (sulfide) groups is 2. The summed E-state index contributed by atoms with van der Waals surface area (Å²) in [6.45, 7) is 0. The quantitative estimate of drug-likeness (QED) is 0.417. The topological polar surface area (TPSA) is 35.9 Å². The fraction of sp³-hybridized carbons (Fsp3) is 0.0435. The molecule has 0 radical (unpaired) electrons. The van der Waals surface area contributed by atoms with E-state index in [1.54, 1.807) is 22.7 Å². The second kappa shape index (κ2) is 7.87. The maximum Gasteiger partial charge on any atom is 0.274 e. The molecule has 3 aromatic rings. The second-order valence-corrected chi connectivity index (χ2v) is 9.10. The first-order valence-electron chi connectivity index (χ1n) is 9.29. The molecule has 4 nitrogen and oxygen atoms in total. The summed E-state index contributed by atoms with van der Waals surface area (Å²) in [5.74, 6) is -0.0841. The number of hydrogen-bond donors (Lipinski definition) is 0. The molecular weight excluding hydrogens is 434 g/mol. The highest BCUT2D eigenvalue weighted by atomic mass is 35.5. The number of fused-ring (bicyclic) bond motifs is 1. The number of halogens is 1. The molecule has 0 spiro atoms. The van der Waals surface area contributed by atoms with E-state index in [1.807, 2.05) is 67.7 Å². The number of aliphatic imine (C=N–C) groups is 1. The minimum Gasteiger partial charge on any atom is -0.337 e. The summed E-state index contributed by atoms with van der Waals surface area (Å²) < 4.78 is 0. The van der Waals surface area contributed by atoms with Crippen LogP contribution in [0.25, 0.3) is 0 Å². The van der Waals surface area contributed by atoms with Crippen LogP contribution in [0.2, 0.25) is 5.02 Å². The summed E-state index contributed by atoms with van der Waals surface area (Å²) in [5, 5.41) is 2.05. The van der Waals surface area contributed by atoms with Gasteiger partial charge in [0.15, 0.2) is 5.17 Å². The molecule has 1 saturated heterocycles. The zero-order valence-corrected chi connectivity index (χ0v) is 18.3. The number of para-hydroxylation sites is 3. The molecule has 0 aromatic heterocycles. The molecule has 7 heteroatoms. The predicted molar refractivity (Wildman–Crippen MR) is 128 cm³/mol. The van der Waals surface area contributed by atoms with Crippen molar-refractivity contribution in [3.63, 3.8) is 0 Å². The highest BCUT2D eigenvalue weighted by Gasteiger charge is 2.40. The normalized spacial score (nSPS) is 19.7. The van der Waals surface area contributed by atoms with Gasteiger partial charge in [-0.3, -0.25) is 9.69 Å². The zero-order chi connectivity index (χ0) is 20.7. The minimum atomic E-state index is -0.0841. The second-order valence-electron chi connectivity index (χ2n) is 6.69. The zero-order valence-electron chi connectivity index (χ0n) is 15.9. The van der Waals surface area contributed by atoms with Gasteiger partial charge in [0.1, 0.15) is 4.91 Å². The third-order valence-corrected chi connectivity index (χ3v) is 7.51. The molecule has 0 unspecified atom stereocenters. The van der Waals surface area contributed by atoms with Crippen molar-refractivity contribution in [1.82, 2.24) is 0 Å². The maximum atomic E-state index is 13.6. The smallest absolute Gasteiger partial charge is 0.274 e. The Labute approximate surface area is 188 Å². The molecule has 2 heterocycles. The van der Waals surface area contributed by atoms with E-state index in [9.17, 15) is 4.79 Å². The standard InChI is InChI=1S/C23H16ClN3OS2/c1-26-18-13-7-8-14-19(18)29-22(26)20-21(28)27(15-9-3-2-4-10-15)23(30-20)25-17-12-6-5-11-16(17)24/h2-14H,1H3. The van der Waals surface area contributed by atoms with Crippen molar-refractivity contribution in [3.05, 3.63) is 93.8 Å². The van der Waals surface area contributed by atoms with Gasteiger partial charge in [-0.05, 0) is 48.2 Å². The number of amides is 1. The lowest BCUT2D eigenvalue weighted by molar-refractivity contribution is -0.113. The number of rotatable bonds is 2. The summed E-state index contributed by atoms with van der Waals surface area (Å²) in [6, 6.07) is 25.1. The maximum absolute atomic E-state index is 13.6. The van der Waals surface area contributed by atoms with E-state index in [1.165, 1.54) is 11.8 Å². The van der Waals surface area contributed by atoms with Gasteiger partial charge in [-0.25, -0.2) is 4.99 Å². The van der Waals surface area contributed by atoms with E-state index in [4.69, 9.17) is 16.6 Å². The molecule has 2 aliphatic heterocycles. The molecule has 0 bridgehead atoms. The summed E-state index contributed by atoms with van der Waals surface area (Å²) in [5.41, 5.74) is 2.51. The Morgan fingerprint density at radius 3 is 2.33 bits per heavy atom. The van der Waals surface area contributed by atoms with Crippen molar-refractivity contribution in [3.8, 4) is 0 Å². The van der Waals surface area contributed by atoms with Crippen molar-refractivity contribution in [1.29, 1.82) is 0 Å². The lowest BCUT2D eigenvalue weighted by Gasteiger charge is -2.16. The number of benzene rings is 3. The van der Waals surface area contributed by atoms with Crippen LogP contribution in [0, 0.1) is 0 Å². The number of carbonyl (C=O) groups is 1. The fourth-order valence-corrected chi connectivity index (χ4v) is 5.85. The van der Waals surface area contributed by atoms with E-state index < -0.39 is 0 Å². The Morgan fingerprint density at radius 1 is 0.867 bits per heavy atom. The van der Waals surface area contributed by atoms with Crippen molar-refractivity contribution < 1.29 is 4.79 Å². The van der Waals surface area contributed by atoms with Gasteiger partial charge in [-0.1, -0.05) is 65.8 Å². The Balaban J connectivity index is 1.63. The Morgan fingerprint density at radius 2 is 1.57 bits per heavy atom. The molecule has 2 aliphatic rings. The van der Waals surface area contributed by atoms with Crippen LogP contribution in [-0.4, -0.2) is 18.1 Å². The van der Waals surface area contributed by atoms with E-state index in [2.05, 4.69) is 17.0 Å². The first kappa shape index (κ1) is 19.3. The fourth-order valence-electron chi connectivity index (χ4n) is 3.33. The molecule has 0 aliphatic carbocycles. The summed E-state index contributed by atoms with van der Waals surface area (Å²) >= 11 is 9.33. The highest BCUT2D eigenvalue weighted by Crippen LogP contribution is 2.50. The number of nitrogens with zero attached hydrogens (tertiary/aromatic N) is 3. The van der Waals surface area contributed by atoms with Gasteiger partial charge in [-0.2, -0.15) is 0 Å². The SMILES string of the molecule is CN1C(=C2SC(=Nc3ccccc3Cl)N(c3ccccc3)C2=O)Sc2ccccc21. The molecule has 148 valence electrons. The van der Waals surface area contributed by atoms with Crippen LogP contribution in [0.3, 0.4) is 0 Å². The van der Waals surface area contributed by atoms with Crippen LogP contribution in [0.5, 0.6) is 0 Å². The third kappa shape index (κ3) is 3.31. The highest BCUT2D eigenvalue weighted by molar-refractivity contribution is 8.20. The molecule has 5 rings (SSSR count). The average Bonchev–Trinajstić information content (AvgIpc) is 3.27. The first-order valence-corrected chi connectivity index (χ1v) is 11.3. The summed E-state index contributed by atoms with van der Waals surface area (Å²) in [6.07, 6.45) is 0. The van der Waals surface area contributed by atoms with Crippen molar-refractivity contribution in [2.45, 2.75) is 4.90 Å². The molecule has 0 N–H and O–H groups in total. The molecule has 3 aromatic carbocycles. The van der Waals surface area contributed by atoms with Gasteiger partial charge < -0.3 is 4.90 Å². The van der Waals surface area contributed by atoms with Crippen LogP contribution in [-0.2, 0) is 4.79 Å². The van der Waals surface area contributed by atoms with Crippen LogP contribution in [0.15, 0.2) is 98.7 Å². The molecule has 0 saturated carbocycles. The van der Waals surface area contributed by atoms with Crippen molar-refractivity contribution >= 4 is 63.3 Å². The molecule has 0 atom stereocenters. The van der Waals surface area contributed by atoms with Crippen molar-refractivity contribution in [2.75, 3.05) is 16.8 Å². The largest absolute Gasteiger partial charge is 0.337 e. The van der Waals surface area contributed by atoms with Gasteiger partial charge >= 0.3 is 0 Å². The number of amidine groups is 1. The Kier molecular flexibility index (Phi) is 5.06. The Bertz CT molecular complexity index is 1210. The van der Waals surface area contributed by atoms with Gasteiger partial charge in [0.2, 0.25) is 0 Å². The molecular formula is C23H16ClN3OS2. The van der Waals surface area contributed by atoms with Crippen molar-refractivity contribution in [2.24, 2.45) is 4.99 Å². The molecule has 1 amide bonds. The van der Waals surface area contributed by atoms with E-state index >= 15 is 0 Å². The van der Waals surface area contributed by atoms with Gasteiger partial charge in [0.05, 0.1) is 27.1 Å². The third-order valence-electron chi connectivity index (χ3n) is 4.80. The monoisotopic (exact) mass is 449 g/mol. The number of hydrogen-bond acceptors (Lipinski definition) is 5. The van der Waals surface area contributed by atoms with Crippen LogP contribution in [0.4, 0.5) is 17.1 Å². The molecule has 30 heavy (non-hydrogen) atoms. The van der Waals surface area contributed by atoms with Gasteiger partial charge in [-0.15, -0.1) is 0 Å². The van der Waals surface area contributed by atoms with Crippen LogP contribution in [0.1, 0.15) is 0 Å². The van der Waals surface area contributed by atoms with Gasteiger partial charge in [0.25, 0.3) is 5.91 Å². The predicted octanol–water partition coefficient (Wildman–Crippen LogP) is 6.52. The number of anilines is 2. The van der Waals surface area contributed by atoms with Crippen LogP contribution >= 0.6 is 35.1 Å². The van der Waals surface area contributed by atoms with E-state index in [0.717, 1.165) is 21.3 Å². The summed E-state index contributed by atoms with van der Waals surface area (Å²) in [7, 11) is 1.99.